The van der Waals surface area contributed by atoms with Crippen LogP contribution in [0.1, 0.15) is 44.4 Å². The number of aromatic nitrogens is 1. The van der Waals surface area contributed by atoms with Crippen LogP contribution in [0.15, 0.2) is 52.1 Å². The van der Waals surface area contributed by atoms with E-state index in [0.717, 1.165) is 40.0 Å². The molecule has 0 spiro atoms. The molecular formula is C22H24BrN3O2S. The molecule has 2 aromatic rings. The molecule has 5 nitrogen and oxygen atoms in total. The van der Waals surface area contributed by atoms with Gasteiger partial charge in [0.25, 0.3) is 0 Å². The molecule has 0 amide bonds. The number of fused-ring (bicyclic) bond motifs is 1. The van der Waals surface area contributed by atoms with Gasteiger partial charge in [-0.25, -0.2) is 4.79 Å². The molecule has 0 N–H and O–H groups in total. The summed E-state index contributed by atoms with van der Waals surface area (Å²) >= 11 is 9.46. The SMILES string of the molecule is CCCC(C(=O)OC)N1C(=S)C(CC)N=C(c2ccccn2)c2cc(Br)ccc21. The van der Waals surface area contributed by atoms with E-state index in [1.807, 2.05) is 55.1 Å². The van der Waals surface area contributed by atoms with Gasteiger partial charge in [0, 0.05) is 16.2 Å². The third-order valence-corrected chi connectivity index (χ3v) is 5.88. The van der Waals surface area contributed by atoms with Crippen LogP contribution in [0.2, 0.25) is 0 Å². The molecule has 2 atom stereocenters. The molecule has 2 heterocycles. The lowest BCUT2D eigenvalue weighted by Crippen LogP contribution is -2.48. The minimum Gasteiger partial charge on any atom is -0.467 e. The first-order chi connectivity index (χ1) is 14.0. The summed E-state index contributed by atoms with van der Waals surface area (Å²) in [7, 11) is 1.42. The number of hydrogen-bond acceptors (Lipinski definition) is 5. The van der Waals surface area contributed by atoms with Gasteiger partial charge < -0.3 is 9.64 Å². The fraction of sp³-hybridized carbons (Fsp3) is 0.364. The van der Waals surface area contributed by atoms with Crippen LogP contribution in [0.5, 0.6) is 0 Å². The zero-order valence-corrected chi connectivity index (χ0v) is 19.2. The van der Waals surface area contributed by atoms with Crippen molar-refractivity contribution in [1.29, 1.82) is 0 Å². The number of rotatable bonds is 6. The molecule has 1 aromatic carbocycles. The minimum absolute atomic E-state index is 0.239. The summed E-state index contributed by atoms with van der Waals surface area (Å²) in [6.45, 7) is 4.10. The number of nitrogens with zero attached hydrogens (tertiary/aromatic N) is 3. The van der Waals surface area contributed by atoms with Crippen molar-refractivity contribution in [1.82, 2.24) is 4.98 Å². The van der Waals surface area contributed by atoms with Crippen LogP contribution in [0.25, 0.3) is 0 Å². The van der Waals surface area contributed by atoms with Crippen molar-refractivity contribution < 1.29 is 9.53 Å². The maximum absolute atomic E-state index is 12.7. The summed E-state index contributed by atoms with van der Waals surface area (Å²) in [5.41, 5.74) is 3.29. The van der Waals surface area contributed by atoms with Gasteiger partial charge in [-0.1, -0.05) is 54.5 Å². The van der Waals surface area contributed by atoms with E-state index in [-0.39, 0.29) is 12.0 Å². The summed E-state index contributed by atoms with van der Waals surface area (Å²) in [6, 6.07) is 11.0. The van der Waals surface area contributed by atoms with E-state index < -0.39 is 6.04 Å². The van der Waals surface area contributed by atoms with E-state index in [1.165, 1.54) is 7.11 Å². The lowest BCUT2D eigenvalue weighted by Gasteiger charge is -2.33. The first-order valence-corrected chi connectivity index (χ1v) is 10.9. The Morgan fingerprint density at radius 2 is 2.10 bits per heavy atom. The lowest BCUT2D eigenvalue weighted by atomic mass is 10.0. The second kappa shape index (κ2) is 9.59. The van der Waals surface area contributed by atoms with Gasteiger partial charge in [-0.2, -0.15) is 0 Å². The number of halogens is 1. The van der Waals surface area contributed by atoms with Gasteiger partial charge in [-0.15, -0.1) is 0 Å². The molecule has 1 aromatic heterocycles. The number of esters is 1. The Labute approximate surface area is 185 Å². The number of benzene rings is 1. The summed E-state index contributed by atoms with van der Waals surface area (Å²) in [6.07, 6.45) is 3.94. The fourth-order valence-electron chi connectivity index (χ4n) is 3.52. The Balaban J connectivity index is 2.26. The van der Waals surface area contributed by atoms with Gasteiger partial charge in [0.1, 0.15) is 17.1 Å². The van der Waals surface area contributed by atoms with Crippen molar-refractivity contribution in [3.63, 3.8) is 0 Å². The van der Waals surface area contributed by atoms with Gasteiger partial charge in [0.05, 0.1) is 24.2 Å². The van der Waals surface area contributed by atoms with Gasteiger partial charge in [-0.3, -0.25) is 9.98 Å². The smallest absolute Gasteiger partial charge is 0.328 e. The van der Waals surface area contributed by atoms with E-state index >= 15 is 0 Å². The number of aliphatic imine (C=N–C) groups is 1. The van der Waals surface area contributed by atoms with Crippen LogP contribution >= 0.6 is 28.1 Å². The monoisotopic (exact) mass is 473 g/mol. The highest BCUT2D eigenvalue weighted by Gasteiger charge is 2.36. The Morgan fingerprint density at radius 1 is 1.31 bits per heavy atom. The van der Waals surface area contributed by atoms with Gasteiger partial charge in [-0.05, 0) is 43.2 Å². The maximum Gasteiger partial charge on any atom is 0.328 e. The fourth-order valence-corrected chi connectivity index (χ4v) is 4.33. The Bertz CT molecular complexity index is 933. The molecule has 7 heteroatoms. The molecular weight excluding hydrogens is 450 g/mol. The third-order valence-electron chi connectivity index (χ3n) is 4.92. The summed E-state index contributed by atoms with van der Waals surface area (Å²) in [4.78, 5) is 24.8. The largest absolute Gasteiger partial charge is 0.467 e. The molecule has 3 rings (SSSR count). The average molecular weight is 474 g/mol. The zero-order valence-electron chi connectivity index (χ0n) is 16.8. The molecule has 0 saturated carbocycles. The third kappa shape index (κ3) is 4.41. The van der Waals surface area contributed by atoms with E-state index in [1.54, 1.807) is 6.20 Å². The molecule has 0 bridgehead atoms. The first-order valence-electron chi connectivity index (χ1n) is 9.71. The second-order valence-corrected chi connectivity index (χ2v) is 8.15. The maximum atomic E-state index is 12.7. The van der Waals surface area contributed by atoms with E-state index in [0.29, 0.717) is 11.4 Å². The van der Waals surface area contributed by atoms with E-state index in [9.17, 15) is 4.79 Å². The lowest BCUT2D eigenvalue weighted by molar-refractivity contribution is -0.142. The highest BCUT2D eigenvalue weighted by atomic mass is 79.9. The average Bonchev–Trinajstić information content (AvgIpc) is 2.86. The predicted molar refractivity (Wildman–Crippen MR) is 124 cm³/mol. The molecule has 1 aliphatic heterocycles. The Morgan fingerprint density at radius 3 is 2.72 bits per heavy atom. The molecule has 152 valence electrons. The van der Waals surface area contributed by atoms with Crippen LogP contribution in [0, 0.1) is 0 Å². The van der Waals surface area contributed by atoms with Gasteiger partial charge in [0.2, 0.25) is 0 Å². The van der Waals surface area contributed by atoms with Crippen molar-refractivity contribution in [3.05, 3.63) is 58.3 Å². The van der Waals surface area contributed by atoms with Crippen LogP contribution in [0.4, 0.5) is 5.69 Å². The number of anilines is 1. The normalized spacial score (nSPS) is 17.2. The number of thiocarbonyl (C=S) groups is 1. The zero-order chi connectivity index (χ0) is 21.0. The second-order valence-electron chi connectivity index (χ2n) is 6.81. The number of pyridine rings is 1. The Hall–Kier alpha value is -2.12. The van der Waals surface area contributed by atoms with Crippen molar-refractivity contribution in [2.45, 2.75) is 45.2 Å². The van der Waals surface area contributed by atoms with Gasteiger partial charge in [0.15, 0.2) is 0 Å². The quantitative estimate of drug-likeness (QED) is 0.438. The molecule has 2 unspecified atom stereocenters. The highest BCUT2D eigenvalue weighted by molar-refractivity contribution is 9.10. The predicted octanol–water partition coefficient (Wildman–Crippen LogP) is 4.95. The van der Waals surface area contributed by atoms with Crippen LogP contribution < -0.4 is 4.90 Å². The molecule has 29 heavy (non-hydrogen) atoms. The van der Waals surface area contributed by atoms with E-state index in [2.05, 4.69) is 20.9 Å². The van der Waals surface area contributed by atoms with Crippen molar-refractivity contribution in [2.24, 2.45) is 4.99 Å². The summed E-state index contributed by atoms with van der Waals surface area (Å²) in [5, 5.41) is 0. The first kappa shape index (κ1) is 21.6. The number of ether oxygens (including phenoxy) is 1. The standard InChI is InChI=1S/C22H24BrN3O2S/c1-4-8-19(22(27)28-3)26-18-11-10-14(23)13-15(18)20(17-9-6-7-12-24-17)25-16(5-2)21(26)29/h6-7,9-13,16,19H,4-5,8H2,1-3H3. The molecule has 0 fully saturated rings. The summed E-state index contributed by atoms with van der Waals surface area (Å²) in [5.74, 6) is -0.292. The van der Waals surface area contributed by atoms with Crippen LogP contribution in [0.3, 0.4) is 0 Å². The van der Waals surface area contributed by atoms with Crippen molar-refractivity contribution in [3.8, 4) is 0 Å². The topological polar surface area (TPSA) is 54.8 Å². The number of carbonyl (C=O) groups excluding carboxylic acids is 1. The van der Waals surface area contributed by atoms with Gasteiger partial charge >= 0.3 is 5.97 Å². The molecule has 1 aliphatic rings. The Kier molecular flexibility index (Phi) is 7.14. The number of carbonyl (C=O) groups is 1. The molecule has 0 radical (unpaired) electrons. The van der Waals surface area contributed by atoms with E-state index in [4.69, 9.17) is 21.9 Å². The molecule has 0 aliphatic carbocycles. The van der Waals surface area contributed by atoms with Crippen LogP contribution in [-0.4, -0.2) is 40.8 Å². The highest BCUT2D eigenvalue weighted by Crippen LogP contribution is 2.34. The number of methoxy groups -OCH3 is 1. The van der Waals surface area contributed by atoms with Crippen molar-refractivity contribution >= 4 is 50.5 Å². The van der Waals surface area contributed by atoms with Crippen LogP contribution in [-0.2, 0) is 9.53 Å². The molecule has 0 saturated heterocycles. The number of hydrogen-bond donors (Lipinski definition) is 0. The minimum atomic E-state index is -0.496. The van der Waals surface area contributed by atoms with Crippen molar-refractivity contribution in [2.75, 3.05) is 12.0 Å². The number of benzodiazepines with no additional fused rings is 1. The summed E-state index contributed by atoms with van der Waals surface area (Å²) < 4.78 is 6.05.